The lowest BCUT2D eigenvalue weighted by molar-refractivity contribution is -0.120. The highest BCUT2D eigenvalue weighted by Gasteiger charge is 2.15. The van der Waals surface area contributed by atoms with Crippen molar-refractivity contribution in [1.82, 2.24) is 9.88 Å². The summed E-state index contributed by atoms with van der Waals surface area (Å²) in [6, 6.07) is 12.8. The van der Waals surface area contributed by atoms with Gasteiger partial charge in [-0.25, -0.2) is 4.79 Å². The van der Waals surface area contributed by atoms with Gasteiger partial charge in [-0.3, -0.25) is 10.1 Å². The Bertz CT molecular complexity index is 929. The molecule has 0 spiro atoms. The van der Waals surface area contributed by atoms with E-state index in [0.717, 1.165) is 23.1 Å². The molecule has 1 atom stereocenters. The lowest BCUT2D eigenvalue weighted by atomic mass is 10.1. The van der Waals surface area contributed by atoms with E-state index in [1.807, 2.05) is 30.3 Å². The number of primary amides is 1. The zero-order valence-electron chi connectivity index (χ0n) is 13.7. The third-order valence-electron chi connectivity index (χ3n) is 4.11. The molecule has 0 saturated heterocycles. The lowest BCUT2D eigenvalue weighted by Crippen LogP contribution is -2.43. The van der Waals surface area contributed by atoms with Crippen LogP contribution >= 0.6 is 0 Å². The summed E-state index contributed by atoms with van der Waals surface area (Å²) in [5.41, 5.74) is 8.13. The second-order valence-corrected chi connectivity index (χ2v) is 5.71. The van der Waals surface area contributed by atoms with E-state index in [1.165, 1.54) is 10.9 Å². The fraction of sp³-hybridized carbons (Fsp3) is 0.222. The molecule has 3 amide bonds. The van der Waals surface area contributed by atoms with E-state index >= 15 is 0 Å². The van der Waals surface area contributed by atoms with Crippen LogP contribution in [0.1, 0.15) is 13.8 Å². The van der Waals surface area contributed by atoms with E-state index < -0.39 is 18.0 Å². The van der Waals surface area contributed by atoms with Gasteiger partial charge in [0.05, 0.1) is 0 Å². The van der Waals surface area contributed by atoms with Crippen molar-refractivity contribution in [3.05, 3.63) is 42.5 Å². The maximum absolute atomic E-state index is 11.8. The highest BCUT2D eigenvalue weighted by molar-refractivity contribution is 6.09. The fourth-order valence-corrected chi connectivity index (χ4v) is 3.03. The second-order valence-electron chi connectivity index (χ2n) is 5.71. The minimum atomic E-state index is -0.852. The number of hydrogen-bond donors (Lipinski definition) is 3. The van der Waals surface area contributed by atoms with Crippen LogP contribution in [0.2, 0.25) is 0 Å². The van der Waals surface area contributed by atoms with E-state index in [-0.39, 0.29) is 0 Å². The first kappa shape index (κ1) is 15.9. The number of amides is 3. The molecular weight excluding hydrogens is 304 g/mol. The zero-order chi connectivity index (χ0) is 17.3. The Morgan fingerprint density at radius 3 is 2.54 bits per heavy atom. The first-order chi connectivity index (χ1) is 11.5. The SMILES string of the molecule is CCn1c2ccccc2c2cc(NC(C)C(=O)NC(N)=O)ccc21. The van der Waals surface area contributed by atoms with Crippen molar-refractivity contribution in [1.29, 1.82) is 0 Å². The molecule has 4 N–H and O–H groups in total. The summed E-state index contributed by atoms with van der Waals surface area (Å²) in [6.07, 6.45) is 0. The van der Waals surface area contributed by atoms with Gasteiger partial charge in [-0.1, -0.05) is 18.2 Å². The average molecular weight is 324 g/mol. The van der Waals surface area contributed by atoms with Crippen LogP contribution in [0.25, 0.3) is 21.8 Å². The van der Waals surface area contributed by atoms with Gasteiger partial charge in [0.2, 0.25) is 5.91 Å². The van der Waals surface area contributed by atoms with Crippen LogP contribution in [-0.2, 0) is 11.3 Å². The van der Waals surface area contributed by atoms with Crippen LogP contribution in [0.3, 0.4) is 0 Å². The number of nitrogens with two attached hydrogens (primary N) is 1. The smallest absolute Gasteiger partial charge is 0.318 e. The lowest BCUT2D eigenvalue weighted by Gasteiger charge is -2.14. The first-order valence-corrected chi connectivity index (χ1v) is 7.89. The number of carbonyl (C=O) groups excluding carboxylic acids is 2. The summed E-state index contributed by atoms with van der Waals surface area (Å²) in [7, 11) is 0. The van der Waals surface area contributed by atoms with Crippen molar-refractivity contribution in [2.24, 2.45) is 5.73 Å². The molecule has 1 aromatic heterocycles. The number of nitrogens with one attached hydrogen (secondary N) is 2. The Hall–Kier alpha value is -3.02. The Morgan fingerprint density at radius 1 is 1.12 bits per heavy atom. The van der Waals surface area contributed by atoms with Gasteiger partial charge >= 0.3 is 6.03 Å². The maximum atomic E-state index is 11.8. The van der Waals surface area contributed by atoms with E-state index in [4.69, 9.17) is 5.73 Å². The van der Waals surface area contributed by atoms with E-state index in [1.54, 1.807) is 6.92 Å². The minimum Gasteiger partial charge on any atom is -0.374 e. The standard InChI is InChI=1S/C18H20N4O2/c1-3-22-15-7-5-4-6-13(15)14-10-12(8-9-16(14)22)20-11(2)17(23)21-18(19)24/h4-11,20H,3H2,1-2H3,(H3,19,21,23,24). The maximum Gasteiger partial charge on any atom is 0.318 e. The van der Waals surface area contributed by atoms with Crippen molar-refractivity contribution < 1.29 is 9.59 Å². The summed E-state index contributed by atoms with van der Waals surface area (Å²) in [5, 5.41) is 7.48. The fourth-order valence-electron chi connectivity index (χ4n) is 3.03. The molecule has 2 aromatic carbocycles. The Morgan fingerprint density at radius 2 is 1.83 bits per heavy atom. The van der Waals surface area contributed by atoms with E-state index in [9.17, 15) is 9.59 Å². The van der Waals surface area contributed by atoms with Crippen LogP contribution in [0, 0.1) is 0 Å². The van der Waals surface area contributed by atoms with Crippen molar-refractivity contribution in [2.75, 3.05) is 5.32 Å². The van der Waals surface area contributed by atoms with Gasteiger partial charge in [0, 0.05) is 34.0 Å². The molecule has 0 radical (unpaired) electrons. The Labute approximate surface area is 139 Å². The number of imide groups is 1. The summed E-state index contributed by atoms with van der Waals surface area (Å²) in [4.78, 5) is 22.6. The van der Waals surface area contributed by atoms with Gasteiger partial charge in [0.1, 0.15) is 6.04 Å². The van der Waals surface area contributed by atoms with Gasteiger partial charge in [0.15, 0.2) is 0 Å². The third-order valence-corrected chi connectivity index (χ3v) is 4.11. The molecule has 3 aromatic rings. The summed E-state index contributed by atoms with van der Waals surface area (Å²) < 4.78 is 2.26. The van der Waals surface area contributed by atoms with E-state index in [0.29, 0.717) is 0 Å². The molecule has 1 heterocycles. The number of carbonyl (C=O) groups is 2. The van der Waals surface area contributed by atoms with Crippen LogP contribution < -0.4 is 16.4 Å². The molecule has 3 rings (SSSR count). The van der Waals surface area contributed by atoms with Crippen LogP contribution in [-0.4, -0.2) is 22.5 Å². The molecular formula is C18H20N4O2. The molecule has 1 unspecified atom stereocenters. The molecule has 24 heavy (non-hydrogen) atoms. The molecule has 0 bridgehead atoms. The molecule has 0 aliphatic carbocycles. The summed E-state index contributed by atoms with van der Waals surface area (Å²) in [5.74, 6) is -0.460. The average Bonchev–Trinajstić information content (AvgIpc) is 2.87. The number of benzene rings is 2. The molecule has 0 saturated carbocycles. The molecule has 0 fully saturated rings. The Balaban J connectivity index is 1.98. The monoisotopic (exact) mass is 324 g/mol. The predicted molar refractivity (Wildman–Crippen MR) is 95.9 cm³/mol. The van der Waals surface area contributed by atoms with Crippen molar-refractivity contribution in [2.45, 2.75) is 26.4 Å². The number of para-hydroxylation sites is 1. The number of urea groups is 1. The topological polar surface area (TPSA) is 89.2 Å². The normalized spacial score (nSPS) is 12.2. The van der Waals surface area contributed by atoms with Crippen LogP contribution in [0.5, 0.6) is 0 Å². The summed E-state index contributed by atoms with van der Waals surface area (Å²) >= 11 is 0. The van der Waals surface area contributed by atoms with E-state index in [2.05, 4.69) is 34.3 Å². The number of anilines is 1. The quantitative estimate of drug-likeness (QED) is 0.689. The zero-order valence-corrected chi connectivity index (χ0v) is 13.7. The van der Waals surface area contributed by atoms with Gasteiger partial charge in [-0.05, 0) is 38.1 Å². The minimum absolute atomic E-state index is 0.460. The predicted octanol–water partition coefficient (Wildman–Crippen LogP) is 2.81. The number of aryl methyl sites for hydroxylation is 1. The van der Waals surface area contributed by atoms with Gasteiger partial charge in [-0.15, -0.1) is 0 Å². The largest absolute Gasteiger partial charge is 0.374 e. The molecule has 6 heteroatoms. The van der Waals surface area contributed by atoms with Gasteiger partial charge in [-0.2, -0.15) is 0 Å². The van der Waals surface area contributed by atoms with Crippen molar-refractivity contribution in [3.63, 3.8) is 0 Å². The first-order valence-electron chi connectivity index (χ1n) is 7.89. The molecule has 124 valence electrons. The summed E-state index contributed by atoms with van der Waals surface area (Å²) in [6.45, 7) is 4.68. The molecule has 0 aliphatic heterocycles. The molecule has 6 nitrogen and oxygen atoms in total. The van der Waals surface area contributed by atoms with Gasteiger partial charge < -0.3 is 15.6 Å². The van der Waals surface area contributed by atoms with Gasteiger partial charge in [0.25, 0.3) is 0 Å². The number of hydrogen-bond acceptors (Lipinski definition) is 3. The highest BCUT2D eigenvalue weighted by Crippen LogP contribution is 2.31. The third kappa shape index (κ3) is 2.78. The van der Waals surface area contributed by atoms with Crippen molar-refractivity contribution in [3.8, 4) is 0 Å². The number of aromatic nitrogens is 1. The number of rotatable bonds is 4. The second kappa shape index (κ2) is 6.23. The van der Waals surface area contributed by atoms with Crippen LogP contribution in [0.15, 0.2) is 42.5 Å². The van der Waals surface area contributed by atoms with Crippen molar-refractivity contribution >= 4 is 39.4 Å². The Kier molecular flexibility index (Phi) is 4.12. The van der Waals surface area contributed by atoms with Crippen LogP contribution in [0.4, 0.5) is 10.5 Å². The highest BCUT2D eigenvalue weighted by atomic mass is 16.2. The molecule has 0 aliphatic rings. The number of fused-ring (bicyclic) bond motifs is 3. The number of nitrogens with zero attached hydrogens (tertiary/aromatic N) is 1.